The van der Waals surface area contributed by atoms with Crippen molar-refractivity contribution in [3.8, 4) is 0 Å². The number of nitrogens with zero attached hydrogens (tertiary/aromatic N) is 3. The van der Waals surface area contributed by atoms with Crippen LogP contribution in [0.2, 0.25) is 0 Å². The van der Waals surface area contributed by atoms with Gasteiger partial charge in [0.05, 0.1) is 0 Å². The van der Waals surface area contributed by atoms with Gasteiger partial charge in [-0.1, -0.05) is 12.1 Å². The molecule has 1 N–H and O–H groups in total. The van der Waals surface area contributed by atoms with Gasteiger partial charge in [-0.3, -0.25) is 4.79 Å². The average Bonchev–Trinajstić information content (AvgIpc) is 3.07. The van der Waals surface area contributed by atoms with Crippen LogP contribution in [0.4, 0.5) is 4.39 Å². The molecule has 5 nitrogen and oxygen atoms in total. The van der Waals surface area contributed by atoms with E-state index in [0.29, 0.717) is 12.5 Å². The highest BCUT2D eigenvalue weighted by molar-refractivity contribution is 14.0. The molecule has 1 amide bonds. The number of likely N-dealkylation sites (tertiary alicyclic amines) is 1. The van der Waals surface area contributed by atoms with Crippen molar-refractivity contribution in [2.24, 2.45) is 4.99 Å². The van der Waals surface area contributed by atoms with E-state index in [9.17, 15) is 9.18 Å². The third kappa shape index (κ3) is 6.26. The summed E-state index contributed by atoms with van der Waals surface area (Å²) >= 11 is 0. The highest BCUT2D eigenvalue weighted by atomic mass is 127. The summed E-state index contributed by atoms with van der Waals surface area (Å²) in [6, 6.07) is 6.41. The number of benzene rings is 1. The molecule has 0 spiro atoms. The lowest BCUT2D eigenvalue weighted by molar-refractivity contribution is -0.128. The van der Waals surface area contributed by atoms with Crippen molar-refractivity contribution in [2.45, 2.75) is 26.3 Å². The topological polar surface area (TPSA) is 47.9 Å². The Morgan fingerprint density at radius 1 is 1.29 bits per heavy atom. The standard InChI is InChI=1S/C17H25FN4O.HI/c1-3-19-17(20-12-16(23)22-10-4-5-11-22)21(2)13-14-6-8-15(18)9-7-14;/h6-9H,3-5,10-13H2,1-2H3,(H,19,20);1H. The van der Waals surface area contributed by atoms with E-state index in [2.05, 4.69) is 10.3 Å². The molecule has 0 atom stereocenters. The molecule has 1 aliphatic rings. The average molecular weight is 448 g/mol. The fourth-order valence-corrected chi connectivity index (χ4v) is 2.62. The van der Waals surface area contributed by atoms with Crippen molar-refractivity contribution in [3.63, 3.8) is 0 Å². The molecule has 1 aliphatic heterocycles. The zero-order valence-electron chi connectivity index (χ0n) is 14.3. The molecule has 0 aliphatic carbocycles. The smallest absolute Gasteiger partial charge is 0.244 e. The monoisotopic (exact) mass is 448 g/mol. The van der Waals surface area contributed by atoms with E-state index in [-0.39, 0.29) is 42.2 Å². The first-order valence-corrected chi connectivity index (χ1v) is 8.12. The van der Waals surface area contributed by atoms with Gasteiger partial charge in [0.15, 0.2) is 5.96 Å². The van der Waals surface area contributed by atoms with Gasteiger partial charge in [0, 0.05) is 33.2 Å². The maximum atomic E-state index is 13.0. The summed E-state index contributed by atoms with van der Waals surface area (Å²) in [4.78, 5) is 20.3. The predicted molar refractivity (Wildman–Crippen MR) is 105 cm³/mol. The summed E-state index contributed by atoms with van der Waals surface area (Å²) in [7, 11) is 1.91. The lowest BCUT2D eigenvalue weighted by Gasteiger charge is -2.22. The van der Waals surface area contributed by atoms with Crippen molar-refractivity contribution in [1.82, 2.24) is 15.1 Å². The van der Waals surface area contributed by atoms with Crippen molar-refractivity contribution in [1.29, 1.82) is 0 Å². The quantitative estimate of drug-likeness (QED) is 0.428. The van der Waals surface area contributed by atoms with Crippen molar-refractivity contribution in [2.75, 3.05) is 33.2 Å². The second kappa shape index (κ2) is 10.5. The van der Waals surface area contributed by atoms with Crippen LogP contribution in [0.25, 0.3) is 0 Å². The van der Waals surface area contributed by atoms with Gasteiger partial charge >= 0.3 is 0 Å². The number of aliphatic imine (C=N–C) groups is 1. The molecule has 2 rings (SSSR count). The van der Waals surface area contributed by atoms with Crippen LogP contribution >= 0.6 is 24.0 Å². The number of rotatable bonds is 5. The Morgan fingerprint density at radius 3 is 2.50 bits per heavy atom. The van der Waals surface area contributed by atoms with E-state index >= 15 is 0 Å². The van der Waals surface area contributed by atoms with Crippen LogP contribution < -0.4 is 5.32 Å². The second-order valence-electron chi connectivity index (χ2n) is 5.74. The Hall–Kier alpha value is -1.38. The first-order chi connectivity index (χ1) is 11.1. The zero-order valence-corrected chi connectivity index (χ0v) is 16.6. The molecule has 1 aromatic rings. The number of carbonyl (C=O) groups is 1. The van der Waals surface area contributed by atoms with Crippen molar-refractivity contribution in [3.05, 3.63) is 35.6 Å². The normalized spacial score (nSPS) is 14.3. The number of hydrogen-bond donors (Lipinski definition) is 1. The lowest BCUT2D eigenvalue weighted by Crippen LogP contribution is -2.39. The molecule has 1 heterocycles. The minimum atomic E-state index is -0.242. The Labute approximate surface area is 160 Å². The molecule has 7 heteroatoms. The molecule has 1 aromatic carbocycles. The molecule has 0 bridgehead atoms. The van der Waals surface area contributed by atoms with E-state index < -0.39 is 0 Å². The molecule has 0 aromatic heterocycles. The maximum absolute atomic E-state index is 13.0. The summed E-state index contributed by atoms with van der Waals surface area (Å²) in [5.41, 5.74) is 0.991. The van der Waals surface area contributed by atoms with Crippen LogP contribution in [0, 0.1) is 5.82 Å². The maximum Gasteiger partial charge on any atom is 0.244 e. The lowest BCUT2D eigenvalue weighted by atomic mass is 10.2. The first kappa shape index (κ1) is 20.7. The summed E-state index contributed by atoms with van der Waals surface area (Å²) in [6.07, 6.45) is 2.17. The van der Waals surface area contributed by atoms with E-state index in [1.54, 1.807) is 12.1 Å². The molecule has 0 radical (unpaired) electrons. The molecule has 24 heavy (non-hydrogen) atoms. The third-order valence-electron chi connectivity index (χ3n) is 3.85. The van der Waals surface area contributed by atoms with Crippen molar-refractivity contribution >= 4 is 35.8 Å². The van der Waals surface area contributed by atoms with E-state index in [1.807, 2.05) is 23.8 Å². The summed E-state index contributed by atoms with van der Waals surface area (Å²) in [5.74, 6) is 0.519. The van der Waals surface area contributed by atoms with Crippen LogP contribution in [-0.4, -0.2) is 54.9 Å². The molecule has 134 valence electrons. The predicted octanol–water partition coefficient (Wildman–Crippen LogP) is 2.46. The zero-order chi connectivity index (χ0) is 16.7. The van der Waals surface area contributed by atoms with Crippen LogP contribution in [-0.2, 0) is 11.3 Å². The first-order valence-electron chi connectivity index (χ1n) is 8.12. The Kier molecular flexibility index (Phi) is 9.02. The minimum Gasteiger partial charge on any atom is -0.357 e. The second-order valence-corrected chi connectivity index (χ2v) is 5.74. The van der Waals surface area contributed by atoms with Crippen LogP contribution in [0.3, 0.4) is 0 Å². The molecule has 0 saturated carbocycles. The Balaban J connectivity index is 0.00000288. The third-order valence-corrected chi connectivity index (χ3v) is 3.85. The van der Waals surface area contributed by atoms with Gasteiger partial charge in [-0.15, -0.1) is 24.0 Å². The SMILES string of the molecule is CCNC(=NCC(=O)N1CCCC1)N(C)Cc1ccc(F)cc1.I. The highest BCUT2D eigenvalue weighted by Gasteiger charge is 2.17. The van der Waals surface area contributed by atoms with Gasteiger partial charge in [0.25, 0.3) is 0 Å². The number of amides is 1. The molecule has 1 saturated heterocycles. The van der Waals surface area contributed by atoms with E-state index in [0.717, 1.165) is 38.0 Å². The molecular weight excluding hydrogens is 422 g/mol. The van der Waals surface area contributed by atoms with E-state index in [4.69, 9.17) is 0 Å². The van der Waals surface area contributed by atoms with Gasteiger partial charge in [0.2, 0.25) is 5.91 Å². The van der Waals surface area contributed by atoms with Gasteiger partial charge in [-0.25, -0.2) is 9.38 Å². The van der Waals surface area contributed by atoms with E-state index in [1.165, 1.54) is 12.1 Å². The number of hydrogen-bond acceptors (Lipinski definition) is 2. The molecular formula is C17H26FIN4O. The Morgan fingerprint density at radius 2 is 1.92 bits per heavy atom. The van der Waals surface area contributed by atoms with Crippen LogP contribution in [0.15, 0.2) is 29.3 Å². The summed E-state index contributed by atoms with van der Waals surface area (Å²) in [5, 5.41) is 3.19. The van der Waals surface area contributed by atoms with Gasteiger partial charge < -0.3 is 15.1 Å². The number of halogens is 2. The Bertz CT molecular complexity index is 544. The molecule has 1 fully saturated rings. The minimum absolute atomic E-state index is 0. The van der Waals surface area contributed by atoms with Crippen LogP contribution in [0.5, 0.6) is 0 Å². The number of guanidine groups is 1. The fraction of sp³-hybridized carbons (Fsp3) is 0.529. The summed E-state index contributed by atoms with van der Waals surface area (Å²) < 4.78 is 13.0. The van der Waals surface area contributed by atoms with Gasteiger partial charge in [-0.2, -0.15) is 0 Å². The fourth-order valence-electron chi connectivity index (χ4n) is 2.62. The van der Waals surface area contributed by atoms with Gasteiger partial charge in [-0.05, 0) is 37.5 Å². The highest BCUT2D eigenvalue weighted by Crippen LogP contribution is 2.08. The number of nitrogens with one attached hydrogen (secondary N) is 1. The number of carbonyl (C=O) groups excluding carboxylic acids is 1. The summed E-state index contributed by atoms with van der Waals surface area (Å²) in [6.45, 7) is 5.17. The van der Waals surface area contributed by atoms with Crippen molar-refractivity contribution < 1.29 is 9.18 Å². The molecule has 0 unspecified atom stereocenters. The van der Waals surface area contributed by atoms with Crippen LogP contribution in [0.1, 0.15) is 25.3 Å². The van der Waals surface area contributed by atoms with Gasteiger partial charge in [0.1, 0.15) is 12.4 Å². The largest absolute Gasteiger partial charge is 0.357 e.